The Morgan fingerprint density at radius 2 is 2.11 bits per heavy atom. The molecule has 1 aliphatic heterocycles. The van der Waals surface area contributed by atoms with Crippen LogP contribution in [0.15, 0.2) is 18.5 Å². The largest absolute Gasteiger partial charge is 0.475 e. The molecular formula is C12H15NO5S. The Kier molecular flexibility index (Phi) is 4.41. The number of aliphatic hydroxyl groups is 3. The molecule has 1 fully saturated rings. The van der Waals surface area contributed by atoms with E-state index in [2.05, 4.69) is 4.98 Å². The SMILES string of the molecule is CC(=O)c1cncc(O[C@H]2SC[C@@H](O)[C@H](O)[C@H]2O)c1. The van der Waals surface area contributed by atoms with Crippen LogP contribution in [0.5, 0.6) is 5.75 Å². The van der Waals surface area contributed by atoms with Crippen LogP contribution in [-0.2, 0) is 0 Å². The highest BCUT2D eigenvalue weighted by Gasteiger charge is 2.38. The summed E-state index contributed by atoms with van der Waals surface area (Å²) in [6.45, 7) is 1.42. The van der Waals surface area contributed by atoms with Crippen molar-refractivity contribution in [2.24, 2.45) is 0 Å². The van der Waals surface area contributed by atoms with E-state index in [1.807, 2.05) is 0 Å². The van der Waals surface area contributed by atoms with Crippen molar-refractivity contribution in [3.05, 3.63) is 24.0 Å². The molecule has 0 aromatic carbocycles. The van der Waals surface area contributed by atoms with E-state index in [9.17, 15) is 20.1 Å². The Balaban J connectivity index is 2.09. The van der Waals surface area contributed by atoms with Crippen molar-refractivity contribution in [1.29, 1.82) is 0 Å². The molecule has 19 heavy (non-hydrogen) atoms. The number of ether oxygens (including phenoxy) is 1. The average Bonchev–Trinajstić information content (AvgIpc) is 2.40. The fraction of sp³-hybridized carbons (Fsp3) is 0.500. The van der Waals surface area contributed by atoms with Crippen LogP contribution in [0.4, 0.5) is 0 Å². The van der Waals surface area contributed by atoms with Gasteiger partial charge >= 0.3 is 0 Å². The van der Waals surface area contributed by atoms with Crippen molar-refractivity contribution in [1.82, 2.24) is 4.98 Å². The Bertz CT molecular complexity index is 469. The maximum Gasteiger partial charge on any atom is 0.173 e. The van der Waals surface area contributed by atoms with E-state index >= 15 is 0 Å². The van der Waals surface area contributed by atoms with Gasteiger partial charge in [0.15, 0.2) is 11.2 Å². The van der Waals surface area contributed by atoms with Gasteiger partial charge in [0.1, 0.15) is 18.0 Å². The van der Waals surface area contributed by atoms with Gasteiger partial charge < -0.3 is 20.1 Å². The van der Waals surface area contributed by atoms with Gasteiger partial charge in [-0.25, -0.2) is 0 Å². The van der Waals surface area contributed by atoms with Gasteiger partial charge in [0.05, 0.1) is 12.3 Å². The molecule has 0 saturated carbocycles. The first-order valence-corrected chi connectivity index (χ1v) is 6.82. The second kappa shape index (κ2) is 5.87. The van der Waals surface area contributed by atoms with Crippen LogP contribution in [0.1, 0.15) is 17.3 Å². The molecule has 2 rings (SSSR count). The number of hydrogen-bond donors (Lipinski definition) is 3. The maximum atomic E-state index is 11.2. The highest BCUT2D eigenvalue weighted by atomic mass is 32.2. The van der Waals surface area contributed by atoms with E-state index in [1.165, 1.54) is 37.1 Å². The highest BCUT2D eigenvalue weighted by molar-refractivity contribution is 7.99. The fourth-order valence-corrected chi connectivity index (χ4v) is 2.81. The van der Waals surface area contributed by atoms with Crippen LogP contribution in [-0.4, -0.2) is 55.6 Å². The maximum absolute atomic E-state index is 11.2. The molecule has 104 valence electrons. The second-order valence-corrected chi connectivity index (χ2v) is 5.46. The summed E-state index contributed by atoms with van der Waals surface area (Å²) in [5.74, 6) is 0.473. The molecule has 1 aromatic rings. The summed E-state index contributed by atoms with van der Waals surface area (Å²) in [6.07, 6.45) is -0.554. The Hall–Kier alpha value is -1.15. The number of thioether (sulfide) groups is 1. The van der Waals surface area contributed by atoms with E-state index < -0.39 is 23.7 Å². The predicted molar refractivity (Wildman–Crippen MR) is 69.1 cm³/mol. The summed E-state index contributed by atoms with van der Waals surface area (Å²) in [7, 11) is 0. The minimum absolute atomic E-state index is 0.134. The molecule has 4 atom stereocenters. The number of carbonyl (C=O) groups excluding carboxylic acids is 1. The smallest absolute Gasteiger partial charge is 0.173 e. The molecule has 0 aliphatic carbocycles. The number of pyridine rings is 1. The molecule has 0 radical (unpaired) electrons. The number of hydrogen-bond acceptors (Lipinski definition) is 7. The lowest BCUT2D eigenvalue weighted by Gasteiger charge is -2.34. The van der Waals surface area contributed by atoms with Crippen LogP contribution in [0.3, 0.4) is 0 Å². The van der Waals surface area contributed by atoms with Gasteiger partial charge in [-0.2, -0.15) is 0 Å². The zero-order chi connectivity index (χ0) is 14.0. The quantitative estimate of drug-likeness (QED) is 0.662. The number of aromatic nitrogens is 1. The molecule has 0 bridgehead atoms. The van der Waals surface area contributed by atoms with Crippen molar-refractivity contribution >= 4 is 17.5 Å². The summed E-state index contributed by atoms with van der Waals surface area (Å²) < 4.78 is 5.50. The lowest BCUT2D eigenvalue weighted by atomic mass is 10.1. The van der Waals surface area contributed by atoms with Crippen molar-refractivity contribution in [3.8, 4) is 5.75 Å². The van der Waals surface area contributed by atoms with E-state index in [0.717, 1.165) is 0 Å². The highest BCUT2D eigenvalue weighted by Crippen LogP contribution is 2.29. The van der Waals surface area contributed by atoms with Gasteiger partial charge in [-0.3, -0.25) is 9.78 Å². The Morgan fingerprint density at radius 1 is 1.37 bits per heavy atom. The number of rotatable bonds is 3. The van der Waals surface area contributed by atoms with Gasteiger partial charge in [0, 0.05) is 17.5 Å². The number of Topliss-reactive ketones (excluding diaryl/α,β-unsaturated/α-hetero) is 1. The molecule has 6 nitrogen and oxygen atoms in total. The molecule has 1 aromatic heterocycles. The molecule has 3 N–H and O–H groups in total. The molecule has 0 amide bonds. The Morgan fingerprint density at radius 3 is 2.79 bits per heavy atom. The molecule has 1 aliphatic rings. The van der Waals surface area contributed by atoms with Crippen molar-refractivity contribution in [2.45, 2.75) is 30.7 Å². The number of aliphatic hydroxyl groups excluding tert-OH is 3. The normalized spacial score (nSPS) is 30.9. The average molecular weight is 285 g/mol. The molecule has 0 spiro atoms. The first kappa shape index (κ1) is 14.3. The lowest BCUT2D eigenvalue weighted by molar-refractivity contribution is -0.0786. The van der Waals surface area contributed by atoms with Crippen LogP contribution in [0, 0.1) is 0 Å². The molecular weight excluding hydrogens is 270 g/mol. The van der Waals surface area contributed by atoms with Gasteiger partial charge in [0.2, 0.25) is 0 Å². The minimum Gasteiger partial charge on any atom is -0.475 e. The third-order valence-electron chi connectivity index (χ3n) is 2.83. The van der Waals surface area contributed by atoms with Gasteiger partial charge in [-0.15, -0.1) is 11.8 Å². The number of carbonyl (C=O) groups is 1. The first-order chi connectivity index (χ1) is 8.99. The van der Waals surface area contributed by atoms with E-state index in [-0.39, 0.29) is 11.5 Å². The van der Waals surface area contributed by atoms with Crippen molar-refractivity contribution in [2.75, 3.05) is 5.75 Å². The van der Waals surface area contributed by atoms with Gasteiger partial charge in [-0.1, -0.05) is 0 Å². The van der Waals surface area contributed by atoms with Gasteiger partial charge in [-0.05, 0) is 13.0 Å². The zero-order valence-corrected chi connectivity index (χ0v) is 11.1. The fourth-order valence-electron chi connectivity index (χ4n) is 1.69. The third-order valence-corrected chi connectivity index (χ3v) is 4.06. The molecule has 2 heterocycles. The van der Waals surface area contributed by atoms with Gasteiger partial charge in [0.25, 0.3) is 0 Å². The standard InChI is InChI=1S/C12H15NO5S/c1-6(14)7-2-8(4-13-3-7)18-12-11(17)10(16)9(15)5-19-12/h2-4,9-12,15-17H,5H2,1H3/t9-,10+,11-,12+/m1/s1. The summed E-state index contributed by atoms with van der Waals surface area (Å²) in [6, 6.07) is 1.53. The predicted octanol–water partition coefficient (Wildman–Crippen LogP) is -0.181. The summed E-state index contributed by atoms with van der Waals surface area (Å²) >= 11 is 1.20. The number of ketones is 1. The lowest BCUT2D eigenvalue weighted by Crippen LogP contribution is -2.50. The van der Waals surface area contributed by atoms with Crippen LogP contribution in [0.2, 0.25) is 0 Å². The molecule has 7 heteroatoms. The topological polar surface area (TPSA) is 99.9 Å². The summed E-state index contributed by atoms with van der Waals surface area (Å²) in [5, 5.41) is 28.8. The second-order valence-electron chi connectivity index (χ2n) is 4.33. The van der Waals surface area contributed by atoms with E-state index in [1.54, 1.807) is 0 Å². The summed E-state index contributed by atoms with van der Waals surface area (Å²) in [5.41, 5.74) is -0.296. The number of nitrogens with zero attached hydrogens (tertiary/aromatic N) is 1. The van der Waals surface area contributed by atoms with E-state index in [0.29, 0.717) is 11.3 Å². The molecule has 1 saturated heterocycles. The van der Waals surface area contributed by atoms with Crippen molar-refractivity contribution < 1.29 is 24.9 Å². The van der Waals surface area contributed by atoms with Crippen molar-refractivity contribution in [3.63, 3.8) is 0 Å². The minimum atomic E-state index is -1.24. The summed E-state index contributed by atoms with van der Waals surface area (Å²) in [4.78, 5) is 15.1. The van der Waals surface area contributed by atoms with Crippen LogP contribution in [0.25, 0.3) is 0 Å². The Labute approximate surface area is 114 Å². The van der Waals surface area contributed by atoms with E-state index in [4.69, 9.17) is 4.74 Å². The zero-order valence-electron chi connectivity index (χ0n) is 10.3. The monoisotopic (exact) mass is 285 g/mol. The third kappa shape index (κ3) is 3.24. The first-order valence-electron chi connectivity index (χ1n) is 5.77. The molecule has 0 unspecified atom stereocenters. The van der Waals surface area contributed by atoms with Crippen LogP contribution < -0.4 is 4.74 Å². The van der Waals surface area contributed by atoms with Crippen LogP contribution >= 0.6 is 11.8 Å².